The van der Waals surface area contributed by atoms with Crippen molar-refractivity contribution in [1.82, 2.24) is 10.2 Å². The summed E-state index contributed by atoms with van der Waals surface area (Å²) in [6.45, 7) is 0. The van der Waals surface area contributed by atoms with Crippen LogP contribution in [0.5, 0.6) is 0 Å². The largest absolute Gasteiger partial charge is 0.479 e. The van der Waals surface area contributed by atoms with Crippen LogP contribution in [0.3, 0.4) is 0 Å². The Morgan fingerprint density at radius 3 is 2.32 bits per heavy atom. The number of urea groups is 1. The molecule has 0 fully saturated rings. The van der Waals surface area contributed by atoms with Gasteiger partial charge in [-0.25, -0.2) is 14.0 Å². The fourth-order valence-corrected chi connectivity index (χ4v) is 2.40. The third-order valence-corrected chi connectivity index (χ3v) is 3.76. The topological polar surface area (TPSA) is 86.7 Å². The van der Waals surface area contributed by atoms with Gasteiger partial charge in [-0.1, -0.05) is 35.9 Å². The van der Waals surface area contributed by atoms with Gasteiger partial charge in [-0.2, -0.15) is 0 Å². The summed E-state index contributed by atoms with van der Waals surface area (Å²) >= 11 is 5.85. The number of carboxylic acid groups (broad SMARTS) is 1. The van der Waals surface area contributed by atoms with Gasteiger partial charge in [0.05, 0.1) is 0 Å². The molecule has 0 saturated heterocycles. The summed E-state index contributed by atoms with van der Waals surface area (Å²) in [6.07, 6.45) is 0. The lowest BCUT2D eigenvalue weighted by atomic mass is 10.1. The number of carboxylic acids is 1. The van der Waals surface area contributed by atoms with Crippen molar-refractivity contribution in [3.8, 4) is 0 Å². The number of nitrogens with zero attached hydrogens (tertiary/aromatic N) is 1. The second-order valence-corrected chi connectivity index (χ2v) is 5.49. The van der Waals surface area contributed by atoms with E-state index in [1.807, 2.05) is 0 Å². The third-order valence-electron chi connectivity index (χ3n) is 3.43. The maximum atomic E-state index is 14.0. The second-order valence-electron chi connectivity index (χ2n) is 5.09. The summed E-state index contributed by atoms with van der Waals surface area (Å²) in [6, 6.07) is 8.88. The first-order chi connectivity index (χ1) is 11.8. The molecule has 0 spiro atoms. The molecule has 8 heteroatoms. The van der Waals surface area contributed by atoms with Crippen LogP contribution in [-0.2, 0) is 4.79 Å². The lowest BCUT2D eigenvalue weighted by Gasteiger charge is -2.21. The van der Waals surface area contributed by atoms with Gasteiger partial charge in [-0.3, -0.25) is 9.69 Å². The van der Waals surface area contributed by atoms with Crippen molar-refractivity contribution in [3.63, 3.8) is 0 Å². The zero-order valence-corrected chi connectivity index (χ0v) is 13.8. The van der Waals surface area contributed by atoms with Gasteiger partial charge in [-0.15, -0.1) is 0 Å². The highest BCUT2D eigenvalue weighted by atomic mass is 35.5. The Balaban J connectivity index is 2.24. The zero-order valence-electron chi connectivity index (χ0n) is 13.1. The number of halogens is 2. The van der Waals surface area contributed by atoms with Crippen LogP contribution in [0.2, 0.25) is 5.02 Å². The Hall–Kier alpha value is -2.93. The number of carbonyl (C=O) groups is 3. The molecule has 0 bridgehead atoms. The summed E-state index contributed by atoms with van der Waals surface area (Å²) in [5.41, 5.74) is -0.137. The summed E-state index contributed by atoms with van der Waals surface area (Å²) in [4.78, 5) is 36.6. The Labute approximate surface area is 147 Å². The van der Waals surface area contributed by atoms with E-state index in [9.17, 15) is 23.9 Å². The minimum atomic E-state index is -1.74. The number of amides is 3. The molecular formula is C17H14ClFN2O4. The molecule has 0 aliphatic carbocycles. The third kappa shape index (κ3) is 4.13. The molecule has 3 amide bonds. The minimum Gasteiger partial charge on any atom is -0.479 e. The van der Waals surface area contributed by atoms with Gasteiger partial charge in [0.15, 0.2) is 6.04 Å². The van der Waals surface area contributed by atoms with Gasteiger partial charge in [0.2, 0.25) is 0 Å². The van der Waals surface area contributed by atoms with E-state index in [0.717, 1.165) is 6.07 Å². The molecule has 0 aliphatic heterocycles. The van der Waals surface area contributed by atoms with Gasteiger partial charge in [0, 0.05) is 23.2 Å². The fraction of sp³-hybridized carbons (Fsp3) is 0.118. The van der Waals surface area contributed by atoms with Crippen LogP contribution in [0.25, 0.3) is 0 Å². The lowest BCUT2D eigenvalue weighted by Crippen LogP contribution is -2.44. The van der Waals surface area contributed by atoms with E-state index in [-0.39, 0.29) is 16.1 Å². The summed E-state index contributed by atoms with van der Waals surface area (Å²) < 4.78 is 14.0. The van der Waals surface area contributed by atoms with E-state index in [2.05, 4.69) is 5.32 Å². The molecule has 1 unspecified atom stereocenters. The standard InChI is InChI=1S/C17H14ClFN2O4/c1-21(15(22)10-6-3-2-4-7-10)17(25)20-14(16(23)24)13-11(18)8-5-9-12(13)19/h2-9,14H,1H3,(H,20,25)(H,23,24). The first-order valence-corrected chi connectivity index (χ1v) is 7.51. The van der Waals surface area contributed by atoms with Crippen molar-refractivity contribution in [3.05, 3.63) is 70.5 Å². The molecule has 130 valence electrons. The first-order valence-electron chi connectivity index (χ1n) is 7.13. The molecule has 0 radical (unpaired) electrons. The van der Waals surface area contributed by atoms with Crippen LogP contribution >= 0.6 is 11.6 Å². The van der Waals surface area contributed by atoms with Crippen LogP contribution in [0.4, 0.5) is 9.18 Å². The minimum absolute atomic E-state index is 0.148. The predicted octanol–water partition coefficient (Wildman–Crippen LogP) is 3.09. The SMILES string of the molecule is CN(C(=O)NC(C(=O)O)c1c(F)cccc1Cl)C(=O)c1ccccc1. The maximum Gasteiger partial charge on any atom is 0.331 e. The number of hydrogen-bond acceptors (Lipinski definition) is 3. The van der Waals surface area contributed by atoms with Crippen molar-refractivity contribution in [2.45, 2.75) is 6.04 Å². The molecule has 1 atom stereocenters. The zero-order chi connectivity index (χ0) is 18.6. The quantitative estimate of drug-likeness (QED) is 0.872. The van der Waals surface area contributed by atoms with E-state index in [1.165, 1.54) is 31.3 Å². The Kier molecular flexibility index (Phi) is 5.71. The molecular weight excluding hydrogens is 351 g/mol. The molecule has 25 heavy (non-hydrogen) atoms. The van der Waals surface area contributed by atoms with Gasteiger partial charge in [0.25, 0.3) is 5.91 Å². The van der Waals surface area contributed by atoms with Crippen LogP contribution in [0.15, 0.2) is 48.5 Å². The predicted molar refractivity (Wildman–Crippen MR) is 88.9 cm³/mol. The molecule has 2 rings (SSSR count). The molecule has 2 aromatic carbocycles. The second kappa shape index (κ2) is 7.76. The van der Waals surface area contributed by atoms with Crippen LogP contribution in [0.1, 0.15) is 22.0 Å². The van der Waals surface area contributed by atoms with Crippen LogP contribution in [-0.4, -0.2) is 35.0 Å². The smallest absolute Gasteiger partial charge is 0.331 e. The van der Waals surface area contributed by atoms with Crippen molar-refractivity contribution < 1.29 is 23.9 Å². The number of benzene rings is 2. The number of imide groups is 1. The maximum absolute atomic E-state index is 14.0. The van der Waals surface area contributed by atoms with E-state index < -0.39 is 29.8 Å². The monoisotopic (exact) mass is 364 g/mol. The molecule has 6 nitrogen and oxygen atoms in total. The average molecular weight is 365 g/mol. The Morgan fingerprint density at radius 1 is 1.12 bits per heavy atom. The van der Waals surface area contributed by atoms with E-state index in [1.54, 1.807) is 18.2 Å². The highest BCUT2D eigenvalue weighted by Gasteiger charge is 2.30. The highest BCUT2D eigenvalue weighted by Crippen LogP contribution is 2.26. The van der Waals surface area contributed by atoms with E-state index >= 15 is 0 Å². The van der Waals surface area contributed by atoms with Crippen molar-refractivity contribution in [2.24, 2.45) is 0 Å². The summed E-state index contributed by atoms with van der Waals surface area (Å²) in [7, 11) is 1.19. The van der Waals surface area contributed by atoms with E-state index in [0.29, 0.717) is 4.90 Å². The van der Waals surface area contributed by atoms with Gasteiger partial charge < -0.3 is 10.4 Å². The van der Waals surface area contributed by atoms with E-state index in [4.69, 9.17) is 11.6 Å². The summed E-state index contributed by atoms with van der Waals surface area (Å²) in [5.74, 6) is -3.03. The molecule has 0 aromatic heterocycles. The number of nitrogens with one attached hydrogen (secondary N) is 1. The van der Waals surface area contributed by atoms with Gasteiger partial charge in [-0.05, 0) is 24.3 Å². The highest BCUT2D eigenvalue weighted by molar-refractivity contribution is 6.31. The summed E-state index contributed by atoms with van der Waals surface area (Å²) in [5, 5.41) is 11.3. The number of hydrogen-bond donors (Lipinski definition) is 2. The molecule has 0 aliphatic rings. The Bertz CT molecular complexity index is 793. The van der Waals surface area contributed by atoms with Crippen molar-refractivity contribution in [1.29, 1.82) is 0 Å². The van der Waals surface area contributed by atoms with Crippen LogP contribution < -0.4 is 5.32 Å². The number of carbonyl (C=O) groups excluding carboxylic acids is 2. The van der Waals surface area contributed by atoms with Gasteiger partial charge >= 0.3 is 12.0 Å². The van der Waals surface area contributed by atoms with Gasteiger partial charge in [0.1, 0.15) is 5.82 Å². The van der Waals surface area contributed by atoms with Crippen molar-refractivity contribution in [2.75, 3.05) is 7.05 Å². The molecule has 0 saturated carbocycles. The normalized spacial score (nSPS) is 11.5. The molecule has 2 aromatic rings. The first kappa shape index (κ1) is 18.4. The number of aliphatic carboxylic acids is 1. The molecule has 0 heterocycles. The van der Waals surface area contributed by atoms with Crippen molar-refractivity contribution >= 4 is 29.5 Å². The lowest BCUT2D eigenvalue weighted by molar-refractivity contribution is -0.139. The molecule has 2 N–H and O–H groups in total. The fourth-order valence-electron chi connectivity index (χ4n) is 2.13. The number of rotatable bonds is 4. The average Bonchev–Trinajstić information content (AvgIpc) is 2.59. The van der Waals surface area contributed by atoms with Crippen LogP contribution in [0, 0.1) is 5.82 Å². The Morgan fingerprint density at radius 2 is 1.76 bits per heavy atom.